The standard InChI is InChI=1S/C14H26N2O3/c1-10-7-8-16(13(18)19-14(2,3)4)9-11(10)12(17)15(5)6/h10-11H,7-9H2,1-6H3. The van der Waals surface area contributed by atoms with Crippen LogP contribution in [0.15, 0.2) is 0 Å². The van der Waals surface area contributed by atoms with Gasteiger partial charge in [0.25, 0.3) is 0 Å². The van der Waals surface area contributed by atoms with Crippen molar-refractivity contribution < 1.29 is 14.3 Å². The molecule has 2 amide bonds. The number of amides is 2. The zero-order chi connectivity index (χ0) is 14.8. The summed E-state index contributed by atoms with van der Waals surface area (Å²) in [5.41, 5.74) is -0.499. The first-order valence-electron chi connectivity index (χ1n) is 6.81. The van der Waals surface area contributed by atoms with Crippen molar-refractivity contribution in [1.29, 1.82) is 0 Å². The number of nitrogens with zero attached hydrogens (tertiary/aromatic N) is 2. The summed E-state index contributed by atoms with van der Waals surface area (Å²) in [5.74, 6) is 0.255. The Bertz CT molecular complexity index is 347. The number of piperidine rings is 1. The molecule has 0 aliphatic carbocycles. The summed E-state index contributed by atoms with van der Waals surface area (Å²) in [7, 11) is 3.50. The lowest BCUT2D eigenvalue weighted by molar-refractivity contribution is -0.136. The molecule has 1 heterocycles. The number of hydrogen-bond acceptors (Lipinski definition) is 3. The quantitative estimate of drug-likeness (QED) is 0.732. The Balaban J connectivity index is 2.69. The summed E-state index contributed by atoms with van der Waals surface area (Å²) >= 11 is 0. The first-order chi connectivity index (χ1) is 8.61. The highest BCUT2D eigenvalue weighted by Crippen LogP contribution is 2.25. The molecule has 2 unspecified atom stereocenters. The lowest BCUT2D eigenvalue weighted by Gasteiger charge is -2.37. The Morgan fingerprint density at radius 3 is 2.32 bits per heavy atom. The SMILES string of the molecule is CC1CCN(C(=O)OC(C)(C)C)CC1C(=O)N(C)C. The van der Waals surface area contributed by atoms with Gasteiger partial charge in [-0.2, -0.15) is 0 Å². The zero-order valence-electron chi connectivity index (χ0n) is 12.9. The van der Waals surface area contributed by atoms with Crippen LogP contribution in [0.5, 0.6) is 0 Å². The highest BCUT2D eigenvalue weighted by Gasteiger charge is 2.35. The summed E-state index contributed by atoms with van der Waals surface area (Å²) < 4.78 is 5.36. The molecule has 1 rings (SSSR count). The van der Waals surface area contributed by atoms with Gasteiger partial charge in [-0.05, 0) is 33.1 Å². The summed E-state index contributed by atoms with van der Waals surface area (Å²) in [5, 5.41) is 0. The second kappa shape index (κ2) is 5.80. The third-order valence-electron chi connectivity index (χ3n) is 3.37. The Kier molecular flexibility index (Phi) is 4.82. The van der Waals surface area contributed by atoms with Crippen molar-refractivity contribution in [3.05, 3.63) is 0 Å². The van der Waals surface area contributed by atoms with Crippen molar-refractivity contribution in [2.45, 2.75) is 39.7 Å². The van der Waals surface area contributed by atoms with Crippen LogP contribution in [0.3, 0.4) is 0 Å². The number of ether oxygens (including phenoxy) is 1. The maximum absolute atomic E-state index is 12.1. The summed E-state index contributed by atoms with van der Waals surface area (Å²) in [6.45, 7) is 8.72. The Morgan fingerprint density at radius 2 is 1.84 bits per heavy atom. The van der Waals surface area contributed by atoms with E-state index in [0.717, 1.165) is 6.42 Å². The predicted molar refractivity (Wildman–Crippen MR) is 73.8 cm³/mol. The first kappa shape index (κ1) is 15.8. The largest absolute Gasteiger partial charge is 0.444 e. The summed E-state index contributed by atoms with van der Waals surface area (Å²) in [6.07, 6.45) is 0.514. The lowest BCUT2D eigenvalue weighted by Crippen LogP contribution is -2.49. The van der Waals surface area contributed by atoms with Crippen LogP contribution in [-0.4, -0.2) is 54.6 Å². The van der Waals surface area contributed by atoms with Gasteiger partial charge in [0.2, 0.25) is 5.91 Å². The molecule has 1 saturated heterocycles. The second-order valence-corrected chi connectivity index (χ2v) is 6.53. The third kappa shape index (κ3) is 4.40. The number of hydrogen-bond donors (Lipinski definition) is 0. The highest BCUT2D eigenvalue weighted by molar-refractivity contribution is 5.80. The fourth-order valence-corrected chi connectivity index (χ4v) is 2.21. The van der Waals surface area contributed by atoms with Gasteiger partial charge in [-0.1, -0.05) is 6.92 Å². The molecule has 1 aliphatic rings. The van der Waals surface area contributed by atoms with Crippen LogP contribution in [0, 0.1) is 11.8 Å². The van der Waals surface area contributed by atoms with E-state index in [-0.39, 0.29) is 17.9 Å². The molecule has 0 bridgehead atoms. The van der Waals surface area contributed by atoms with Crippen LogP contribution < -0.4 is 0 Å². The minimum atomic E-state index is -0.499. The average Bonchev–Trinajstić information content (AvgIpc) is 2.26. The third-order valence-corrected chi connectivity index (χ3v) is 3.37. The van der Waals surface area contributed by atoms with Gasteiger partial charge < -0.3 is 14.5 Å². The van der Waals surface area contributed by atoms with E-state index in [4.69, 9.17) is 4.74 Å². The van der Waals surface area contributed by atoms with Gasteiger partial charge in [0.05, 0.1) is 5.92 Å². The van der Waals surface area contributed by atoms with Gasteiger partial charge in [0, 0.05) is 27.2 Å². The Hall–Kier alpha value is -1.26. The van der Waals surface area contributed by atoms with Gasteiger partial charge in [-0.15, -0.1) is 0 Å². The molecule has 110 valence electrons. The Labute approximate surface area is 115 Å². The van der Waals surface area contributed by atoms with Crippen LogP contribution >= 0.6 is 0 Å². The first-order valence-corrected chi connectivity index (χ1v) is 6.81. The van der Waals surface area contributed by atoms with Crippen LogP contribution in [0.4, 0.5) is 4.79 Å². The van der Waals surface area contributed by atoms with E-state index in [1.54, 1.807) is 23.9 Å². The van der Waals surface area contributed by atoms with Crippen molar-refractivity contribution in [2.75, 3.05) is 27.2 Å². The normalized spacial score (nSPS) is 24.0. The molecule has 0 aromatic rings. The number of carbonyl (C=O) groups is 2. The topological polar surface area (TPSA) is 49.9 Å². The van der Waals surface area contributed by atoms with Gasteiger partial charge in [-0.25, -0.2) is 4.79 Å². The van der Waals surface area contributed by atoms with E-state index in [1.165, 1.54) is 0 Å². The molecule has 1 aliphatic heterocycles. The number of rotatable bonds is 1. The summed E-state index contributed by atoms with van der Waals surface area (Å²) in [4.78, 5) is 27.4. The molecule has 2 atom stereocenters. The molecule has 5 heteroatoms. The van der Waals surface area contributed by atoms with Crippen molar-refractivity contribution in [3.8, 4) is 0 Å². The molecular formula is C14H26N2O3. The van der Waals surface area contributed by atoms with Gasteiger partial charge >= 0.3 is 6.09 Å². The fourth-order valence-electron chi connectivity index (χ4n) is 2.21. The van der Waals surface area contributed by atoms with Crippen molar-refractivity contribution in [1.82, 2.24) is 9.80 Å². The maximum atomic E-state index is 12.1. The minimum Gasteiger partial charge on any atom is -0.444 e. The number of likely N-dealkylation sites (tertiary alicyclic amines) is 1. The smallest absolute Gasteiger partial charge is 0.410 e. The van der Waals surface area contributed by atoms with E-state index >= 15 is 0 Å². The van der Waals surface area contributed by atoms with E-state index in [2.05, 4.69) is 6.92 Å². The van der Waals surface area contributed by atoms with Gasteiger partial charge in [0.1, 0.15) is 5.60 Å². The molecule has 0 aromatic heterocycles. The molecular weight excluding hydrogens is 244 g/mol. The van der Waals surface area contributed by atoms with Crippen LogP contribution in [-0.2, 0) is 9.53 Å². The van der Waals surface area contributed by atoms with E-state index < -0.39 is 5.60 Å². The van der Waals surface area contributed by atoms with E-state index in [1.807, 2.05) is 20.8 Å². The molecule has 0 aromatic carbocycles. The highest BCUT2D eigenvalue weighted by atomic mass is 16.6. The van der Waals surface area contributed by atoms with Gasteiger partial charge in [0.15, 0.2) is 0 Å². The van der Waals surface area contributed by atoms with Crippen LogP contribution in [0.1, 0.15) is 34.1 Å². The zero-order valence-corrected chi connectivity index (χ0v) is 12.9. The second-order valence-electron chi connectivity index (χ2n) is 6.53. The van der Waals surface area contributed by atoms with E-state index in [0.29, 0.717) is 19.0 Å². The number of carbonyl (C=O) groups excluding carboxylic acids is 2. The fraction of sp³-hybridized carbons (Fsp3) is 0.857. The van der Waals surface area contributed by atoms with Crippen molar-refractivity contribution in [2.24, 2.45) is 11.8 Å². The Morgan fingerprint density at radius 1 is 1.26 bits per heavy atom. The average molecular weight is 270 g/mol. The molecule has 0 N–H and O–H groups in total. The van der Waals surface area contributed by atoms with Gasteiger partial charge in [-0.3, -0.25) is 4.79 Å². The minimum absolute atomic E-state index is 0.0840. The monoisotopic (exact) mass is 270 g/mol. The maximum Gasteiger partial charge on any atom is 0.410 e. The van der Waals surface area contributed by atoms with Crippen molar-refractivity contribution >= 4 is 12.0 Å². The van der Waals surface area contributed by atoms with E-state index in [9.17, 15) is 9.59 Å². The predicted octanol–water partition coefficient (Wildman–Crippen LogP) is 1.97. The lowest BCUT2D eigenvalue weighted by atomic mass is 9.86. The van der Waals surface area contributed by atoms with Crippen molar-refractivity contribution in [3.63, 3.8) is 0 Å². The van der Waals surface area contributed by atoms with Crippen LogP contribution in [0.2, 0.25) is 0 Å². The molecule has 0 spiro atoms. The van der Waals surface area contributed by atoms with Crippen LogP contribution in [0.25, 0.3) is 0 Å². The summed E-state index contributed by atoms with van der Waals surface area (Å²) in [6, 6.07) is 0. The molecule has 0 saturated carbocycles. The molecule has 19 heavy (non-hydrogen) atoms. The molecule has 0 radical (unpaired) electrons. The molecule has 5 nitrogen and oxygen atoms in total. The molecule has 1 fully saturated rings.